The van der Waals surface area contributed by atoms with Gasteiger partial charge in [-0.25, -0.2) is 4.79 Å². The molecule has 2 aromatic rings. The summed E-state index contributed by atoms with van der Waals surface area (Å²) in [4.78, 5) is 39.0. The summed E-state index contributed by atoms with van der Waals surface area (Å²) in [6, 6.07) is 12.3. The highest BCUT2D eigenvalue weighted by Gasteiger charge is 2.49. The SMILES string of the molecule is COc1ccc(C(=O)CN2C(=O)N[C@@](C)(c3ccc(C#N)cc3)C2=O)cc1OC. The van der Waals surface area contributed by atoms with Crippen molar-refractivity contribution in [3.63, 3.8) is 0 Å². The van der Waals surface area contributed by atoms with Crippen LogP contribution in [0.25, 0.3) is 0 Å². The van der Waals surface area contributed by atoms with E-state index in [1.807, 2.05) is 6.07 Å². The highest BCUT2D eigenvalue weighted by molar-refractivity contribution is 6.11. The van der Waals surface area contributed by atoms with Gasteiger partial charge in [0.1, 0.15) is 5.54 Å². The van der Waals surface area contributed by atoms with Crippen molar-refractivity contribution in [2.45, 2.75) is 12.5 Å². The third-order valence-corrected chi connectivity index (χ3v) is 4.87. The molecule has 0 radical (unpaired) electrons. The topological polar surface area (TPSA) is 109 Å². The van der Waals surface area contributed by atoms with Gasteiger partial charge in [-0.15, -0.1) is 0 Å². The minimum atomic E-state index is -1.32. The summed E-state index contributed by atoms with van der Waals surface area (Å²) in [6.45, 7) is 1.15. The average molecular weight is 393 g/mol. The maximum absolute atomic E-state index is 13.0. The zero-order valence-electron chi connectivity index (χ0n) is 16.2. The van der Waals surface area contributed by atoms with Crippen molar-refractivity contribution >= 4 is 17.7 Å². The fraction of sp³-hybridized carbons (Fsp3) is 0.238. The van der Waals surface area contributed by atoms with Crippen molar-refractivity contribution in [3.8, 4) is 17.6 Å². The number of methoxy groups -OCH3 is 2. The van der Waals surface area contributed by atoms with Crippen molar-refractivity contribution in [1.82, 2.24) is 10.2 Å². The number of Topliss-reactive ketones (excluding diaryl/α,β-unsaturated/α-hetero) is 1. The molecule has 0 aromatic heterocycles. The van der Waals surface area contributed by atoms with Crippen LogP contribution in [0.1, 0.15) is 28.4 Å². The summed E-state index contributed by atoms with van der Waals surface area (Å²) < 4.78 is 10.3. The average Bonchev–Trinajstić information content (AvgIpc) is 2.97. The van der Waals surface area contributed by atoms with Gasteiger partial charge in [-0.1, -0.05) is 12.1 Å². The van der Waals surface area contributed by atoms with Crippen LogP contribution in [0.5, 0.6) is 11.5 Å². The Morgan fingerprint density at radius 3 is 2.34 bits per heavy atom. The van der Waals surface area contributed by atoms with E-state index in [2.05, 4.69) is 5.32 Å². The van der Waals surface area contributed by atoms with Crippen LogP contribution in [0.15, 0.2) is 42.5 Å². The molecule has 3 rings (SSSR count). The summed E-state index contributed by atoms with van der Waals surface area (Å²) in [5.74, 6) is -0.120. The van der Waals surface area contributed by atoms with Crippen molar-refractivity contribution in [3.05, 3.63) is 59.2 Å². The second-order valence-corrected chi connectivity index (χ2v) is 6.63. The van der Waals surface area contributed by atoms with E-state index >= 15 is 0 Å². The molecule has 0 unspecified atom stereocenters. The monoisotopic (exact) mass is 393 g/mol. The van der Waals surface area contributed by atoms with Crippen LogP contribution < -0.4 is 14.8 Å². The smallest absolute Gasteiger partial charge is 0.325 e. The Labute approximate surface area is 167 Å². The van der Waals surface area contributed by atoms with Gasteiger partial charge in [-0.3, -0.25) is 14.5 Å². The minimum Gasteiger partial charge on any atom is -0.493 e. The molecule has 1 aliphatic rings. The molecule has 1 fully saturated rings. The first kappa shape index (κ1) is 19.9. The second kappa shape index (κ2) is 7.64. The van der Waals surface area contributed by atoms with E-state index in [0.717, 1.165) is 4.90 Å². The minimum absolute atomic E-state index is 0.287. The van der Waals surface area contributed by atoms with Crippen LogP contribution >= 0.6 is 0 Å². The molecule has 8 nitrogen and oxygen atoms in total. The van der Waals surface area contributed by atoms with Crippen molar-refractivity contribution < 1.29 is 23.9 Å². The number of nitriles is 1. The van der Waals surface area contributed by atoms with E-state index in [0.29, 0.717) is 22.6 Å². The fourth-order valence-corrected chi connectivity index (χ4v) is 3.16. The van der Waals surface area contributed by atoms with E-state index in [9.17, 15) is 14.4 Å². The predicted molar refractivity (Wildman–Crippen MR) is 103 cm³/mol. The highest BCUT2D eigenvalue weighted by atomic mass is 16.5. The molecule has 1 aliphatic heterocycles. The molecule has 1 heterocycles. The number of amides is 3. The van der Waals surface area contributed by atoms with Gasteiger partial charge in [0.05, 0.1) is 32.4 Å². The molecule has 0 saturated carbocycles. The molecule has 0 aliphatic carbocycles. The van der Waals surface area contributed by atoms with E-state index in [-0.39, 0.29) is 5.56 Å². The molecule has 0 bridgehead atoms. The van der Waals surface area contributed by atoms with Gasteiger partial charge < -0.3 is 14.8 Å². The van der Waals surface area contributed by atoms with Gasteiger partial charge in [-0.2, -0.15) is 5.26 Å². The normalized spacial score (nSPS) is 18.2. The molecule has 2 aromatic carbocycles. The lowest BCUT2D eigenvalue weighted by molar-refractivity contribution is -0.130. The molecule has 3 amide bonds. The standard InChI is InChI=1S/C21H19N3O5/c1-21(15-7-4-13(11-22)5-8-15)19(26)24(20(27)23-21)12-16(25)14-6-9-17(28-2)18(10-14)29-3/h4-10H,12H2,1-3H3,(H,23,27)/t21-/m0/s1. The Kier molecular flexibility index (Phi) is 5.24. The highest BCUT2D eigenvalue weighted by Crippen LogP contribution is 2.30. The van der Waals surface area contributed by atoms with Gasteiger partial charge in [0.15, 0.2) is 17.3 Å². The number of carbonyl (C=O) groups is 3. The first-order valence-electron chi connectivity index (χ1n) is 8.74. The summed E-state index contributed by atoms with van der Waals surface area (Å²) in [5, 5.41) is 11.6. The third-order valence-electron chi connectivity index (χ3n) is 4.87. The maximum Gasteiger partial charge on any atom is 0.325 e. The van der Waals surface area contributed by atoms with Crippen molar-refractivity contribution in [2.24, 2.45) is 0 Å². The zero-order valence-corrected chi connectivity index (χ0v) is 16.2. The number of hydrogen-bond donors (Lipinski definition) is 1. The van der Waals surface area contributed by atoms with E-state index in [1.54, 1.807) is 43.3 Å². The maximum atomic E-state index is 13.0. The quantitative estimate of drug-likeness (QED) is 0.595. The number of urea groups is 1. The van der Waals surface area contributed by atoms with Crippen LogP contribution in [-0.4, -0.2) is 43.4 Å². The molecule has 8 heteroatoms. The number of rotatable bonds is 6. The number of hydrogen-bond acceptors (Lipinski definition) is 6. The lowest BCUT2D eigenvalue weighted by atomic mass is 9.91. The third kappa shape index (κ3) is 3.50. The molecule has 0 spiro atoms. The second-order valence-electron chi connectivity index (χ2n) is 6.63. The number of benzene rings is 2. The van der Waals surface area contributed by atoms with Crippen LogP contribution in [0.4, 0.5) is 4.79 Å². The van der Waals surface area contributed by atoms with Crippen LogP contribution in [-0.2, 0) is 10.3 Å². The number of nitrogens with zero attached hydrogens (tertiary/aromatic N) is 2. The summed E-state index contributed by atoms with van der Waals surface area (Å²) in [5.41, 5.74) is -0.0658. The molecule has 148 valence electrons. The number of carbonyl (C=O) groups excluding carboxylic acids is 3. The summed E-state index contributed by atoms with van der Waals surface area (Å²) >= 11 is 0. The van der Waals surface area contributed by atoms with Crippen molar-refractivity contribution in [2.75, 3.05) is 20.8 Å². The Hall–Kier alpha value is -3.86. The molecule has 29 heavy (non-hydrogen) atoms. The summed E-state index contributed by atoms with van der Waals surface area (Å²) in [6.07, 6.45) is 0. The van der Waals surface area contributed by atoms with Crippen LogP contribution in [0, 0.1) is 11.3 Å². The van der Waals surface area contributed by atoms with Gasteiger partial charge in [-0.05, 0) is 42.8 Å². The van der Waals surface area contributed by atoms with Crippen molar-refractivity contribution in [1.29, 1.82) is 5.26 Å². The Bertz CT molecular complexity index is 1030. The van der Waals surface area contributed by atoms with Gasteiger partial charge in [0.2, 0.25) is 0 Å². The predicted octanol–water partition coefficient (Wildman–Crippen LogP) is 2.23. The van der Waals surface area contributed by atoms with E-state index < -0.39 is 29.8 Å². The molecule has 1 atom stereocenters. The first-order valence-corrected chi connectivity index (χ1v) is 8.74. The lowest BCUT2D eigenvalue weighted by Gasteiger charge is -2.22. The Morgan fingerprint density at radius 1 is 1.10 bits per heavy atom. The van der Waals surface area contributed by atoms with E-state index in [1.165, 1.54) is 20.3 Å². The number of imide groups is 1. The first-order chi connectivity index (χ1) is 13.8. The molecule has 1 saturated heterocycles. The Balaban J connectivity index is 1.83. The van der Waals surface area contributed by atoms with Gasteiger partial charge >= 0.3 is 6.03 Å². The number of nitrogens with one attached hydrogen (secondary N) is 1. The molecular weight excluding hydrogens is 374 g/mol. The summed E-state index contributed by atoms with van der Waals surface area (Å²) in [7, 11) is 2.93. The number of ketones is 1. The van der Waals surface area contributed by atoms with Gasteiger partial charge in [0.25, 0.3) is 5.91 Å². The number of ether oxygens (including phenoxy) is 2. The van der Waals surface area contributed by atoms with Crippen LogP contribution in [0.3, 0.4) is 0 Å². The molecular formula is C21H19N3O5. The largest absolute Gasteiger partial charge is 0.493 e. The zero-order chi connectivity index (χ0) is 21.2. The lowest BCUT2D eigenvalue weighted by Crippen LogP contribution is -2.41. The van der Waals surface area contributed by atoms with Crippen LogP contribution in [0.2, 0.25) is 0 Å². The van der Waals surface area contributed by atoms with Gasteiger partial charge in [0, 0.05) is 5.56 Å². The van der Waals surface area contributed by atoms with E-state index in [4.69, 9.17) is 14.7 Å². The molecule has 1 N–H and O–H groups in total. The Morgan fingerprint density at radius 2 is 1.76 bits per heavy atom. The fourth-order valence-electron chi connectivity index (χ4n) is 3.16.